The number of hydrogen-bond donors (Lipinski definition) is 1. The molecule has 0 radical (unpaired) electrons. The van der Waals surface area contributed by atoms with Gasteiger partial charge in [0.2, 0.25) is 10.0 Å². The van der Waals surface area contributed by atoms with E-state index in [-0.39, 0.29) is 29.5 Å². The summed E-state index contributed by atoms with van der Waals surface area (Å²) in [4.78, 5) is 26.1. The molecular weight excluding hydrogens is 458 g/mol. The van der Waals surface area contributed by atoms with Crippen LogP contribution >= 0.6 is 0 Å². The first-order valence-corrected chi connectivity index (χ1v) is 12.4. The highest BCUT2D eigenvalue weighted by atomic mass is 32.2. The van der Waals surface area contributed by atoms with Crippen molar-refractivity contribution in [1.82, 2.24) is 14.5 Å². The highest BCUT2D eigenvalue weighted by Crippen LogP contribution is 2.28. The van der Waals surface area contributed by atoms with Crippen LogP contribution in [-0.4, -0.2) is 70.3 Å². The molecule has 10 heteroatoms. The van der Waals surface area contributed by atoms with Crippen molar-refractivity contribution >= 4 is 21.8 Å². The van der Waals surface area contributed by atoms with Gasteiger partial charge in [-0.15, -0.1) is 0 Å². The molecule has 0 bridgehead atoms. The van der Waals surface area contributed by atoms with Crippen LogP contribution in [0.5, 0.6) is 11.5 Å². The average molecular weight is 492 g/mol. The Hall–Kier alpha value is -3.11. The van der Waals surface area contributed by atoms with Gasteiger partial charge in [0.1, 0.15) is 0 Å². The minimum atomic E-state index is -3.69. The van der Waals surface area contributed by atoms with Crippen LogP contribution in [0.2, 0.25) is 0 Å². The summed E-state index contributed by atoms with van der Waals surface area (Å²) < 4.78 is 38.1. The highest BCUT2D eigenvalue weighted by molar-refractivity contribution is 7.89. The highest BCUT2D eigenvalue weighted by Gasteiger charge is 2.24. The lowest BCUT2D eigenvalue weighted by Gasteiger charge is -2.20. The molecule has 2 amide bonds. The molecule has 2 rings (SSSR count). The van der Waals surface area contributed by atoms with Crippen molar-refractivity contribution in [2.24, 2.45) is 0 Å². The molecule has 0 unspecified atom stereocenters. The van der Waals surface area contributed by atoms with Crippen molar-refractivity contribution < 1.29 is 27.5 Å². The Labute approximate surface area is 201 Å². The van der Waals surface area contributed by atoms with Crippen LogP contribution in [0.4, 0.5) is 0 Å². The van der Waals surface area contributed by atoms with E-state index in [0.717, 1.165) is 5.56 Å². The minimum absolute atomic E-state index is 0.119. The van der Waals surface area contributed by atoms with E-state index in [4.69, 9.17) is 9.47 Å². The fraction of sp³-hybridized carbons (Fsp3) is 0.417. The molecule has 0 saturated carbocycles. The molecule has 0 fully saturated rings. The maximum absolute atomic E-state index is 12.9. The topological polar surface area (TPSA) is 105 Å². The number of ether oxygens (including phenoxy) is 2. The standard InChI is InChI=1S/C24H33N3O6S/c1-7-27(8-2)34(30,31)22-14-19(11-9-17(22)3)24(29)25-15-18-10-12-20(21(13-18)32-6)33-16-23(28)26(4)5/h9-14H,7-8,15-16H2,1-6H3,(H,25,29). The molecule has 0 aliphatic heterocycles. The first-order valence-electron chi connectivity index (χ1n) is 10.9. The van der Waals surface area contributed by atoms with E-state index >= 15 is 0 Å². The molecule has 0 aliphatic rings. The molecule has 34 heavy (non-hydrogen) atoms. The Morgan fingerprint density at radius 3 is 2.26 bits per heavy atom. The summed E-state index contributed by atoms with van der Waals surface area (Å²) in [7, 11) is 1.09. The number of nitrogens with one attached hydrogen (secondary N) is 1. The Kier molecular flexibility index (Phi) is 9.46. The number of nitrogens with zero attached hydrogens (tertiary/aromatic N) is 2. The van der Waals surface area contributed by atoms with Gasteiger partial charge < -0.3 is 19.7 Å². The Balaban J connectivity index is 2.15. The number of hydrogen-bond acceptors (Lipinski definition) is 6. The molecule has 1 N–H and O–H groups in total. The van der Waals surface area contributed by atoms with Gasteiger partial charge in [-0.25, -0.2) is 8.42 Å². The number of rotatable bonds is 11. The summed E-state index contributed by atoms with van der Waals surface area (Å²) in [5.41, 5.74) is 1.58. The van der Waals surface area contributed by atoms with Gasteiger partial charge in [0, 0.05) is 39.3 Å². The maximum atomic E-state index is 12.9. The zero-order valence-electron chi connectivity index (χ0n) is 20.5. The van der Waals surface area contributed by atoms with Crippen LogP contribution in [0, 0.1) is 6.92 Å². The minimum Gasteiger partial charge on any atom is -0.493 e. The molecular formula is C24H33N3O6S. The lowest BCUT2D eigenvalue weighted by Crippen LogP contribution is -2.31. The van der Waals surface area contributed by atoms with Crippen LogP contribution in [0.15, 0.2) is 41.3 Å². The Bertz CT molecular complexity index is 1130. The van der Waals surface area contributed by atoms with E-state index in [1.54, 1.807) is 65.2 Å². The van der Waals surface area contributed by atoms with Crippen molar-refractivity contribution in [3.63, 3.8) is 0 Å². The normalized spacial score (nSPS) is 11.3. The van der Waals surface area contributed by atoms with Crippen LogP contribution in [0.3, 0.4) is 0 Å². The third-order valence-corrected chi connectivity index (χ3v) is 7.50. The fourth-order valence-corrected chi connectivity index (χ4v) is 4.92. The van der Waals surface area contributed by atoms with Crippen LogP contribution < -0.4 is 14.8 Å². The zero-order valence-corrected chi connectivity index (χ0v) is 21.4. The van der Waals surface area contributed by atoms with Gasteiger partial charge in [0.15, 0.2) is 18.1 Å². The largest absolute Gasteiger partial charge is 0.493 e. The SMILES string of the molecule is CCN(CC)S(=O)(=O)c1cc(C(=O)NCc2ccc(OCC(=O)N(C)C)c(OC)c2)ccc1C. The van der Waals surface area contributed by atoms with Gasteiger partial charge in [-0.3, -0.25) is 9.59 Å². The van der Waals surface area contributed by atoms with Gasteiger partial charge >= 0.3 is 0 Å². The number of sulfonamides is 1. The molecule has 186 valence electrons. The number of carbonyl (C=O) groups excluding carboxylic acids is 2. The molecule has 0 heterocycles. The van der Waals surface area contributed by atoms with Gasteiger partial charge in [-0.1, -0.05) is 26.0 Å². The van der Waals surface area contributed by atoms with E-state index in [1.807, 2.05) is 0 Å². The second kappa shape index (κ2) is 11.8. The number of amides is 2. The number of likely N-dealkylation sites (N-methyl/N-ethyl adjacent to an activating group) is 1. The lowest BCUT2D eigenvalue weighted by atomic mass is 10.1. The predicted octanol–water partition coefficient (Wildman–Crippen LogP) is 2.43. The van der Waals surface area contributed by atoms with Gasteiger partial charge in [-0.05, 0) is 42.3 Å². The lowest BCUT2D eigenvalue weighted by molar-refractivity contribution is -0.130. The monoisotopic (exact) mass is 491 g/mol. The van der Waals surface area contributed by atoms with Gasteiger partial charge in [-0.2, -0.15) is 4.31 Å². The number of carbonyl (C=O) groups is 2. The van der Waals surface area contributed by atoms with E-state index in [0.29, 0.717) is 30.2 Å². The molecule has 9 nitrogen and oxygen atoms in total. The molecule has 0 spiro atoms. The van der Waals surface area contributed by atoms with Crippen molar-refractivity contribution in [2.45, 2.75) is 32.2 Å². The van der Waals surface area contributed by atoms with E-state index in [9.17, 15) is 18.0 Å². The first kappa shape index (κ1) is 27.1. The number of aryl methyl sites for hydroxylation is 1. The maximum Gasteiger partial charge on any atom is 0.259 e. The quantitative estimate of drug-likeness (QED) is 0.518. The summed E-state index contributed by atoms with van der Waals surface area (Å²) in [6.07, 6.45) is 0. The van der Waals surface area contributed by atoms with E-state index in [1.165, 1.54) is 22.4 Å². The second-order valence-electron chi connectivity index (χ2n) is 7.81. The second-order valence-corrected chi connectivity index (χ2v) is 9.72. The molecule has 2 aromatic carbocycles. The summed E-state index contributed by atoms with van der Waals surface area (Å²) in [5.74, 6) is 0.268. The van der Waals surface area contributed by atoms with Crippen molar-refractivity contribution in [3.8, 4) is 11.5 Å². The Morgan fingerprint density at radius 2 is 1.68 bits per heavy atom. The molecule has 0 aliphatic carbocycles. The van der Waals surface area contributed by atoms with Crippen molar-refractivity contribution in [2.75, 3.05) is 40.9 Å². The summed E-state index contributed by atoms with van der Waals surface area (Å²) in [6.45, 7) is 6.03. The molecule has 0 saturated heterocycles. The number of benzene rings is 2. The van der Waals surface area contributed by atoms with Crippen LogP contribution in [0.1, 0.15) is 35.3 Å². The van der Waals surface area contributed by atoms with E-state index in [2.05, 4.69) is 5.32 Å². The smallest absolute Gasteiger partial charge is 0.259 e. The van der Waals surface area contributed by atoms with Crippen molar-refractivity contribution in [3.05, 3.63) is 53.1 Å². The third-order valence-electron chi connectivity index (χ3n) is 5.30. The first-order chi connectivity index (χ1) is 16.0. The Morgan fingerprint density at radius 1 is 1.00 bits per heavy atom. The summed E-state index contributed by atoms with van der Waals surface area (Å²) in [6, 6.07) is 9.78. The van der Waals surface area contributed by atoms with Gasteiger partial charge in [0.25, 0.3) is 11.8 Å². The van der Waals surface area contributed by atoms with Crippen molar-refractivity contribution in [1.29, 1.82) is 0 Å². The molecule has 0 atom stereocenters. The fourth-order valence-electron chi connectivity index (χ4n) is 3.22. The van der Waals surface area contributed by atoms with Crippen LogP contribution in [0.25, 0.3) is 0 Å². The van der Waals surface area contributed by atoms with Crippen LogP contribution in [-0.2, 0) is 21.4 Å². The van der Waals surface area contributed by atoms with Gasteiger partial charge in [0.05, 0.1) is 12.0 Å². The zero-order chi connectivity index (χ0) is 25.5. The predicted molar refractivity (Wildman–Crippen MR) is 130 cm³/mol. The molecule has 0 aromatic heterocycles. The molecule has 2 aromatic rings. The summed E-state index contributed by atoms with van der Waals surface area (Å²) in [5, 5.41) is 2.80. The number of methoxy groups -OCH3 is 1. The van der Waals surface area contributed by atoms with E-state index < -0.39 is 15.9 Å². The third kappa shape index (κ3) is 6.48. The summed E-state index contributed by atoms with van der Waals surface area (Å²) >= 11 is 0. The average Bonchev–Trinajstić information content (AvgIpc) is 2.81.